The maximum Gasteiger partial charge on any atom is 0.300 e. The highest BCUT2D eigenvalue weighted by molar-refractivity contribution is 6.81. The normalized spacial score (nSPS) is 31.0. The van der Waals surface area contributed by atoms with Crippen molar-refractivity contribution < 1.29 is 24.0 Å². The van der Waals surface area contributed by atoms with E-state index in [-0.39, 0.29) is 10.9 Å². The zero-order chi connectivity index (χ0) is 21.2. The Labute approximate surface area is 167 Å². The van der Waals surface area contributed by atoms with Crippen molar-refractivity contribution in [3.8, 4) is 0 Å². The van der Waals surface area contributed by atoms with Crippen LogP contribution in [0.1, 0.15) is 52.1 Å². The van der Waals surface area contributed by atoms with Crippen molar-refractivity contribution >= 4 is 13.9 Å². The van der Waals surface area contributed by atoms with Gasteiger partial charge in [-0.15, -0.1) is 0 Å². The number of hydrogen-bond donors (Lipinski definition) is 2. The Balaban J connectivity index is 2.02. The van der Waals surface area contributed by atoms with Crippen molar-refractivity contribution in [1.29, 1.82) is 0 Å². The molecule has 3 rings (SSSR count). The van der Waals surface area contributed by atoms with Gasteiger partial charge in [0.2, 0.25) is 0 Å². The summed E-state index contributed by atoms with van der Waals surface area (Å²) in [5.74, 6) is -0.848. The number of aryl methyl sites for hydroxylation is 1. The number of anilines is 1. The quantitative estimate of drug-likeness (QED) is 0.444. The highest BCUT2D eigenvalue weighted by atomic mass is 28.3. The minimum Gasteiger partial charge on any atom is -0.711 e. The average Bonchev–Trinajstić information content (AvgIpc) is 3.02. The third kappa shape index (κ3) is 3.43. The summed E-state index contributed by atoms with van der Waals surface area (Å²) in [7, 11) is -2.17. The van der Waals surface area contributed by atoms with E-state index in [2.05, 4.69) is 38.8 Å². The van der Waals surface area contributed by atoms with Crippen LogP contribution in [0, 0.1) is 12.1 Å². The Morgan fingerprint density at radius 1 is 1.29 bits per heavy atom. The third-order valence-electron chi connectivity index (χ3n) is 6.44. The minimum atomic E-state index is -2.17. The Kier molecular flexibility index (Phi) is 5.08. The van der Waals surface area contributed by atoms with Crippen molar-refractivity contribution in [3.05, 3.63) is 22.8 Å². The molecule has 8 nitrogen and oxygen atoms in total. The molecule has 3 N–H and O–H groups in total. The van der Waals surface area contributed by atoms with E-state index >= 15 is 0 Å². The molecule has 2 aliphatic heterocycles. The highest BCUT2D eigenvalue weighted by Crippen LogP contribution is 2.49. The molecular formula is C19H33N3O5Si. The van der Waals surface area contributed by atoms with Gasteiger partial charge in [0, 0.05) is 0 Å². The lowest BCUT2D eigenvalue weighted by Gasteiger charge is -2.43. The van der Waals surface area contributed by atoms with Crippen molar-refractivity contribution in [2.45, 2.75) is 95.6 Å². The predicted octanol–water partition coefficient (Wildman–Crippen LogP) is 1.97. The molecule has 0 spiro atoms. The third-order valence-corrected chi connectivity index (χ3v) is 12.1. The monoisotopic (exact) mass is 411 g/mol. The van der Waals surface area contributed by atoms with Gasteiger partial charge in [0.15, 0.2) is 11.5 Å². The predicted molar refractivity (Wildman–Crippen MR) is 107 cm³/mol. The van der Waals surface area contributed by atoms with Crippen molar-refractivity contribution in [2.75, 3.05) is 5.73 Å². The molecule has 1 unspecified atom stereocenters. The second-order valence-electron chi connectivity index (χ2n) is 9.98. The molecule has 1 aromatic rings. The molecule has 5 atom stereocenters. The van der Waals surface area contributed by atoms with Crippen LogP contribution in [-0.2, 0) is 14.2 Å². The summed E-state index contributed by atoms with van der Waals surface area (Å²) < 4.78 is 19.1. The fourth-order valence-electron chi connectivity index (χ4n) is 3.80. The van der Waals surface area contributed by atoms with Gasteiger partial charge < -0.3 is 24.5 Å². The Hall–Kier alpha value is -1.26. The molecule has 0 aliphatic carbocycles. The first-order valence-corrected chi connectivity index (χ1v) is 12.8. The summed E-state index contributed by atoms with van der Waals surface area (Å²) in [5, 5.41) is 23.4. The average molecular weight is 412 g/mol. The standard InChI is InChI=1S/C19H33N3O5Si/c1-10-9-22(24)16(20)11(21-10)12-13-14(27-19(5,6)26-13)15(25-12)17(23)28(7,8)18(2,3)4/h9,12-15,17,23H,20H2,1-8H3/t12-,13-,14-,15-,17?/m0/s1. The van der Waals surface area contributed by atoms with Crippen LogP contribution in [-0.4, -0.2) is 48.0 Å². The van der Waals surface area contributed by atoms with E-state index in [1.165, 1.54) is 6.20 Å². The van der Waals surface area contributed by atoms with Gasteiger partial charge in [-0.3, -0.25) is 5.73 Å². The van der Waals surface area contributed by atoms with Crippen LogP contribution < -0.4 is 10.5 Å². The number of aromatic nitrogens is 2. The van der Waals surface area contributed by atoms with Crippen molar-refractivity contribution in [1.82, 2.24) is 4.98 Å². The Morgan fingerprint density at radius 3 is 2.43 bits per heavy atom. The molecule has 158 valence electrons. The van der Waals surface area contributed by atoms with Gasteiger partial charge in [0.1, 0.15) is 30.6 Å². The molecule has 0 amide bonds. The SMILES string of the molecule is Cc1c[n+]([O-])c(N)c([C@@H]2O[C@H](C(O)[Si](C)(C)C(C)(C)C)[C@H]3OC(C)(C)O[C@H]32)n1. The summed E-state index contributed by atoms with van der Waals surface area (Å²) in [6.45, 7) is 16.1. The fraction of sp³-hybridized carbons (Fsp3) is 0.789. The van der Waals surface area contributed by atoms with Crippen molar-refractivity contribution in [2.24, 2.45) is 0 Å². The molecule has 0 saturated carbocycles. The molecule has 2 aliphatic rings. The number of fused-ring (bicyclic) bond motifs is 1. The first-order chi connectivity index (χ1) is 12.7. The fourth-order valence-corrected chi connectivity index (χ4v) is 5.77. The molecule has 3 heterocycles. The van der Waals surface area contributed by atoms with Crippen LogP contribution in [0.2, 0.25) is 18.1 Å². The van der Waals surface area contributed by atoms with Gasteiger partial charge in [-0.1, -0.05) is 33.9 Å². The van der Waals surface area contributed by atoms with E-state index < -0.39 is 44.0 Å². The number of ether oxygens (including phenoxy) is 3. The highest BCUT2D eigenvalue weighted by Gasteiger charge is 2.61. The largest absolute Gasteiger partial charge is 0.711 e. The Bertz CT molecular complexity index is 765. The number of aliphatic hydroxyl groups is 1. The molecule has 28 heavy (non-hydrogen) atoms. The second kappa shape index (κ2) is 6.63. The van der Waals surface area contributed by atoms with E-state index in [4.69, 9.17) is 19.9 Å². The number of hydrogen-bond acceptors (Lipinski definition) is 7. The zero-order valence-corrected chi connectivity index (χ0v) is 19.0. The first kappa shape index (κ1) is 21.4. The van der Waals surface area contributed by atoms with Crippen LogP contribution in [0.25, 0.3) is 0 Å². The number of nitrogens with two attached hydrogens (primary N) is 1. The molecule has 2 fully saturated rings. The van der Waals surface area contributed by atoms with Crippen LogP contribution in [0.15, 0.2) is 6.20 Å². The summed E-state index contributed by atoms with van der Waals surface area (Å²) in [5.41, 5.74) is 6.19. The number of nitrogen functional groups attached to an aromatic ring is 1. The maximum atomic E-state index is 12.1. The summed E-state index contributed by atoms with van der Waals surface area (Å²) in [4.78, 5) is 4.45. The van der Waals surface area contributed by atoms with E-state index in [9.17, 15) is 10.3 Å². The molecule has 2 saturated heterocycles. The van der Waals surface area contributed by atoms with Crippen LogP contribution in [0.5, 0.6) is 0 Å². The van der Waals surface area contributed by atoms with Crippen molar-refractivity contribution in [3.63, 3.8) is 0 Å². The van der Waals surface area contributed by atoms with Gasteiger partial charge >= 0.3 is 0 Å². The van der Waals surface area contributed by atoms with Gasteiger partial charge in [0.25, 0.3) is 5.82 Å². The molecule has 1 aromatic heterocycles. The lowest BCUT2D eigenvalue weighted by atomic mass is 10.1. The van der Waals surface area contributed by atoms with Gasteiger partial charge in [-0.05, 0) is 25.8 Å². The van der Waals surface area contributed by atoms with Crippen LogP contribution in [0.3, 0.4) is 0 Å². The number of rotatable bonds is 3. The molecule has 0 bridgehead atoms. The van der Waals surface area contributed by atoms with Crippen LogP contribution >= 0.6 is 0 Å². The molecule has 9 heteroatoms. The van der Waals surface area contributed by atoms with E-state index in [1.54, 1.807) is 6.92 Å². The van der Waals surface area contributed by atoms with E-state index in [0.717, 1.165) is 0 Å². The molecular weight excluding hydrogens is 378 g/mol. The Morgan fingerprint density at radius 2 is 1.86 bits per heavy atom. The van der Waals surface area contributed by atoms with Gasteiger partial charge in [0.05, 0.1) is 19.5 Å². The summed E-state index contributed by atoms with van der Waals surface area (Å²) >= 11 is 0. The zero-order valence-electron chi connectivity index (χ0n) is 18.0. The lowest BCUT2D eigenvalue weighted by Crippen LogP contribution is -2.57. The summed E-state index contributed by atoms with van der Waals surface area (Å²) in [6.07, 6.45) is -0.916. The summed E-state index contributed by atoms with van der Waals surface area (Å²) in [6, 6.07) is 0. The van der Waals surface area contributed by atoms with Crippen LogP contribution in [0.4, 0.5) is 5.82 Å². The van der Waals surface area contributed by atoms with E-state index in [1.807, 2.05) is 13.8 Å². The maximum absolute atomic E-state index is 12.1. The second-order valence-corrected chi connectivity index (χ2v) is 15.5. The first-order valence-electron chi connectivity index (χ1n) is 9.71. The van der Waals surface area contributed by atoms with Gasteiger partial charge in [-0.2, -0.15) is 0 Å². The smallest absolute Gasteiger partial charge is 0.300 e. The topological polar surface area (TPSA) is 114 Å². The molecule has 0 aromatic carbocycles. The lowest BCUT2D eigenvalue weighted by molar-refractivity contribution is -0.591. The molecule has 0 radical (unpaired) electrons. The van der Waals surface area contributed by atoms with E-state index in [0.29, 0.717) is 16.1 Å². The number of nitrogens with zero attached hydrogens (tertiary/aromatic N) is 2. The number of aliphatic hydroxyl groups excluding tert-OH is 1. The van der Waals surface area contributed by atoms with Gasteiger partial charge in [-0.25, -0.2) is 9.71 Å². The minimum absolute atomic E-state index is 0.0230.